The van der Waals surface area contributed by atoms with Crippen LogP contribution < -0.4 is 11.1 Å². The molecule has 0 aromatic heterocycles. The van der Waals surface area contributed by atoms with Gasteiger partial charge in [0.2, 0.25) is 5.91 Å². The number of amides is 2. The van der Waals surface area contributed by atoms with Crippen molar-refractivity contribution in [2.45, 2.75) is 20.8 Å². The Bertz CT molecular complexity index is 750. The molecule has 0 atom stereocenters. The minimum atomic E-state index is -0.226. The molecule has 134 valence electrons. The van der Waals surface area contributed by atoms with Crippen molar-refractivity contribution in [2.75, 3.05) is 24.6 Å². The van der Waals surface area contributed by atoms with E-state index in [1.807, 2.05) is 32.9 Å². The number of anilines is 2. The van der Waals surface area contributed by atoms with Crippen LogP contribution in [0.25, 0.3) is 0 Å². The van der Waals surface area contributed by atoms with Crippen molar-refractivity contribution in [2.24, 2.45) is 0 Å². The quantitative estimate of drug-likeness (QED) is 0.820. The van der Waals surface area contributed by atoms with E-state index in [1.165, 1.54) is 4.90 Å². The monoisotopic (exact) mass is 361 g/mol. The Morgan fingerprint density at radius 2 is 1.56 bits per heavy atom. The average Bonchev–Trinajstić information content (AvgIpc) is 2.50. The zero-order valence-corrected chi connectivity index (χ0v) is 15.7. The Labute approximate surface area is 154 Å². The van der Waals surface area contributed by atoms with Crippen molar-refractivity contribution >= 4 is 35.6 Å². The minimum absolute atomic E-state index is 0. The maximum atomic E-state index is 12.3. The number of nitrogens with zero attached hydrogens (tertiary/aromatic N) is 1. The van der Waals surface area contributed by atoms with Gasteiger partial charge < -0.3 is 16.0 Å². The van der Waals surface area contributed by atoms with Crippen LogP contribution in [0.3, 0.4) is 0 Å². The van der Waals surface area contributed by atoms with Crippen LogP contribution in [0.1, 0.15) is 27.0 Å². The van der Waals surface area contributed by atoms with E-state index < -0.39 is 0 Å². The predicted octanol–water partition coefficient (Wildman–Crippen LogP) is 3.33. The van der Waals surface area contributed by atoms with E-state index in [-0.39, 0.29) is 30.8 Å². The van der Waals surface area contributed by atoms with Crippen LogP contribution in [0.2, 0.25) is 0 Å². The van der Waals surface area contributed by atoms with Gasteiger partial charge in [0.1, 0.15) is 0 Å². The highest BCUT2D eigenvalue weighted by molar-refractivity contribution is 5.99. The van der Waals surface area contributed by atoms with Crippen molar-refractivity contribution in [3.05, 3.63) is 58.7 Å². The van der Waals surface area contributed by atoms with Gasteiger partial charge in [0.25, 0.3) is 5.91 Å². The van der Waals surface area contributed by atoms with Crippen LogP contribution in [0, 0.1) is 20.8 Å². The molecule has 2 aromatic carbocycles. The first-order chi connectivity index (χ1) is 11.3. The summed E-state index contributed by atoms with van der Waals surface area (Å²) in [5.41, 5.74) is 10.7. The van der Waals surface area contributed by atoms with E-state index in [1.54, 1.807) is 31.3 Å². The number of hydrogen-bond acceptors (Lipinski definition) is 3. The van der Waals surface area contributed by atoms with Crippen LogP contribution in [0.4, 0.5) is 11.4 Å². The van der Waals surface area contributed by atoms with Gasteiger partial charge in [-0.05, 0) is 56.2 Å². The third kappa shape index (κ3) is 5.22. The van der Waals surface area contributed by atoms with E-state index in [0.29, 0.717) is 11.3 Å². The molecular weight excluding hydrogens is 338 g/mol. The van der Waals surface area contributed by atoms with Gasteiger partial charge in [-0.15, -0.1) is 12.4 Å². The smallest absolute Gasteiger partial charge is 0.254 e. The summed E-state index contributed by atoms with van der Waals surface area (Å²) in [4.78, 5) is 26.0. The summed E-state index contributed by atoms with van der Waals surface area (Å²) in [7, 11) is 1.60. The highest BCUT2D eigenvalue weighted by atomic mass is 35.5. The lowest BCUT2D eigenvalue weighted by Crippen LogP contribution is -2.35. The molecule has 2 aromatic rings. The van der Waals surface area contributed by atoms with Gasteiger partial charge in [0.15, 0.2) is 0 Å². The maximum Gasteiger partial charge on any atom is 0.254 e. The fraction of sp³-hybridized carbons (Fsp3) is 0.263. The predicted molar refractivity (Wildman–Crippen MR) is 104 cm³/mol. The number of rotatable bonds is 4. The average molecular weight is 362 g/mol. The third-order valence-electron chi connectivity index (χ3n) is 3.83. The fourth-order valence-corrected chi connectivity index (χ4v) is 2.69. The second-order valence-corrected chi connectivity index (χ2v) is 6.11. The van der Waals surface area contributed by atoms with Crippen molar-refractivity contribution in [3.63, 3.8) is 0 Å². The van der Waals surface area contributed by atoms with Gasteiger partial charge in [-0.25, -0.2) is 0 Å². The molecular formula is C19H24ClN3O2. The number of carbonyl (C=O) groups excluding carboxylic acids is 2. The summed E-state index contributed by atoms with van der Waals surface area (Å²) < 4.78 is 0. The van der Waals surface area contributed by atoms with Crippen LogP contribution in [-0.2, 0) is 4.79 Å². The van der Waals surface area contributed by atoms with E-state index in [9.17, 15) is 9.59 Å². The molecule has 0 unspecified atom stereocenters. The summed E-state index contributed by atoms with van der Waals surface area (Å²) >= 11 is 0. The minimum Gasteiger partial charge on any atom is -0.399 e. The Balaban J connectivity index is 0.00000312. The summed E-state index contributed by atoms with van der Waals surface area (Å²) in [5, 5.41) is 2.90. The summed E-state index contributed by atoms with van der Waals surface area (Å²) in [6, 6.07) is 10.7. The molecule has 0 aliphatic heterocycles. The Morgan fingerprint density at radius 1 is 1.04 bits per heavy atom. The van der Waals surface area contributed by atoms with Crippen LogP contribution in [0.5, 0.6) is 0 Å². The van der Waals surface area contributed by atoms with Crippen molar-refractivity contribution < 1.29 is 9.59 Å². The van der Waals surface area contributed by atoms with E-state index in [2.05, 4.69) is 5.32 Å². The lowest BCUT2D eigenvalue weighted by molar-refractivity contribution is -0.116. The molecule has 2 amide bonds. The number of nitrogens with two attached hydrogens (primary N) is 1. The van der Waals surface area contributed by atoms with E-state index in [0.717, 1.165) is 22.4 Å². The lowest BCUT2D eigenvalue weighted by atomic mass is 10.1. The molecule has 2 rings (SSSR count). The number of carbonyl (C=O) groups is 2. The number of halogens is 1. The lowest BCUT2D eigenvalue weighted by Gasteiger charge is -2.18. The Kier molecular flexibility index (Phi) is 7.00. The molecule has 6 heteroatoms. The second kappa shape index (κ2) is 8.53. The number of aryl methyl sites for hydroxylation is 3. The van der Waals surface area contributed by atoms with E-state index >= 15 is 0 Å². The first-order valence-corrected chi connectivity index (χ1v) is 7.76. The molecule has 5 nitrogen and oxygen atoms in total. The number of nitrogens with one attached hydrogen (secondary N) is 1. The van der Waals surface area contributed by atoms with E-state index in [4.69, 9.17) is 5.73 Å². The molecule has 0 aliphatic carbocycles. The SMILES string of the molecule is Cc1cc(C)c(NC(=O)CN(C)C(=O)c2ccc(N)cc2)c(C)c1.Cl. The zero-order chi connectivity index (χ0) is 17.9. The highest BCUT2D eigenvalue weighted by Gasteiger charge is 2.16. The van der Waals surface area contributed by atoms with Crippen molar-refractivity contribution in [1.29, 1.82) is 0 Å². The molecule has 0 heterocycles. The van der Waals surface area contributed by atoms with Gasteiger partial charge in [-0.2, -0.15) is 0 Å². The Hall–Kier alpha value is -2.53. The number of hydrogen-bond donors (Lipinski definition) is 2. The van der Waals surface area contributed by atoms with Crippen molar-refractivity contribution in [1.82, 2.24) is 4.90 Å². The molecule has 0 radical (unpaired) electrons. The summed E-state index contributed by atoms with van der Waals surface area (Å²) in [6.07, 6.45) is 0. The molecule has 0 bridgehead atoms. The number of benzene rings is 2. The van der Waals surface area contributed by atoms with Gasteiger partial charge in [0, 0.05) is 24.0 Å². The van der Waals surface area contributed by atoms with Crippen LogP contribution in [-0.4, -0.2) is 30.3 Å². The standard InChI is InChI=1S/C19H23N3O2.ClH/c1-12-9-13(2)18(14(3)10-12)21-17(23)11-22(4)19(24)15-5-7-16(20)8-6-15;/h5-10H,11,20H2,1-4H3,(H,21,23);1H. The molecule has 3 N–H and O–H groups in total. The first-order valence-electron chi connectivity index (χ1n) is 7.76. The molecule has 0 spiro atoms. The molecule has 0 aliphatic rings. The first kappa shape index (κ1) is 20.5. The molecule has 25 heavy (non-hydrogen) atoms. The van der Waals surface area contributed by atoms with Gasteiger partial charge in [-0.1, -0.05) is 17.7 Å². The topological polar surface area (TPSA) is 75.4 Å². The highest BCUT2D eigenvalue weighted by Crippen LogP contribution is 2.21. The normalized spacial score (nSPS) is 9.92. The zero-order valence-electron chi connectivity index (χ0n) is 14.9. The fourth-order valence-electron chi connectivity index (χ4n) is 2.69. The maximum absolute atomic E-state index is 12.3. The van der Waals surface area contributed by atoms with Gasteiger partial charge >= 0.3 is 0 Å². The molecule has 0 saturated heterocycles. The summed E-state index contributed by atoms with van der Waals surface area (Å²) in [6.45, 7) is 5.92. The summed E-state index contributed by atoms with van der Waals surface area (Å²) in [5.74, 6) is -0.446. The van der Waals surface area contributed by atoms with Crippen LogP contribution >= 0.6 is 12.4 Å². The van der Waals surface area contributed by atoms with Crippen LogP contribution in [0.15, 0.2) is 36.4 Å². The van der Waals surface area contributed by atoms with Gasteiger partial charge in [-0.3, -0.25) is 9.59 Å². The number of nitrogen functional groups attached to an aromatic ring is 1. The van der Waals surface area contributed by atoms with Crippen molar-refractivity contribution in [3.8, 4) is 0 Å². The Morgan fingerprint density at radius 3 is 2.08 bits per heavy atom. The molecule has 0 saturated carbocycles. The third-order valence-corrected chi connectivity index (χ3v) is 3.83. The molecule has 0 fully saturated rings. The second-order valence-electron chi connectivity index (χ2n) is 6.11. The largest absolute Gasteiger partial charge is 0.399 e. The number of likely N-dealkylation sites (N-methyl/N-ethyl adjacent to an activating group) is 1. The van der Waals surface area contributed by atoms with Gasteiger partial charge in [0.05, 0.1) is 6.54 Å².